The molecule has 7 saturated heterocycles. The second kappa shape index (κ2) is 32.4. The minimum Gasteiger partial charge on any atom is -0.394 e. The molecule has 7 rings (SSSR count). The van der Waals surface area contributed by atoms with Crippen molar-refractivity contribution in [3.63, 3.8) is 0 Å². The summed E-state index contributed by atoms with van der Waals surface area (Å²) in [6, 6.07) is -6.88. The largest absolute Gasteiger partial charge is 0.394 e. The van der Waals surface area contributed by atoms with Crippen molar-refractivity contribution >= 4 is 23.6 Å². The topological polar surface area (TPSA) is 621 Å². The molecule has 23 N–H and O–H groups in total. The number of rotatable bonds is 23. The van der Waals surface area contributed by atoms with Crippen LogP contribution in [0, 0.1) is 0 Å². The number of ether oxygens (including phenoxy) is 13. The standard InChI is InChI=1S/C50H84N4O36/c1-12(61)51-23-35(73)39(20(9-59)79-44(23)77)87-48-38(76)41(88-50-42(36(74)30(68)19(8-58)83-50)89-46-25(53-14(3)63)33(71)28(66)17(6-56)81-46)31(69)22(85-48)11-78-49-43(90-47-26(54-15(4)64)34(72)29(67)18(7-57)82-47)37(75)40(21(10-60)84-49)86-45-24(52-13(2)62)32(70)27(65)16(5-55)80-45/h16-50,55-60,65-77H,5-11H2,1-4H3,(H,51,61)(H,52,62)(H,53,63)(H,54,64)/t16-,17-,18-,19-,20-,21-,22-,23-,24-,25-,26-,27-,28-,29-,30-,31-,32-,33-,34-,35-,36+,37+,38+,39-,40-,41+,42+,43+,44?,45+,46+,47+,48+,49+,50-/m1/s1. The molecule has 7 fully saturated rings. The minimum absolute atomic E-state index is 0.808. The predicted molar refractivity (Wildman–Crippen MR) is 278 cm³/mol. The molecule has 0 aromatic carbocycles. The van der Waals surface area contributed by atoms with E-state index in [9.17, 15) is 116 Å². The molecule has 7 aliphatic heterocycles. The van der Waals surface area contributed by atoms with Gasteiger partial charge in [-0.2, -0.15) is 0 Å². The van der Waals surface area contributed by atoms with Gasteiger partial charge >= 0.3 is 0 Å². The van der Waals surface area contributed by atoms with E-state index < -0.39 is 285 Å². The summed E-state index contributed by atoms with van der Waals surface area (Å²) in [5.41, 5.74) is 0. The van der Waals surface area contributed by atoms with Gasteiger partial charge in [0.2, 0.25) is 23.6 Å². The van der Waals surface area contributed by atoms with Gasteiger partial charge in [0.1, 0.15) is 171 Å². The van der Waals surface area contributed by atoms with Gasteiger partial charge in [-0.25, -0.2) is 0 Å². The SMILES string of the molecule is CC(=O)N[C@H]1[C@H](O[C@@H]2[C@@H](OC[C@H]3O[C@@H](O[C@H]4[C@H](O)[C@@H](NC(C)=O)C(O)O[C@@H]4CO)[C@@H](O)[C@@H](O[C@H]4O[C@H](CO)[C@@H](O)[C@H](O)[C@@H]4O[C@@H]4O[C@H](CO)[C@@H](O)[C@H](O)[C@H]4NC(C)=O)[C@@H]3O)O[C@H](CO)[C@@H](O[C@@H]3O[C@H](CO)[C@@H](O)[C@H](O)[C@H]3NC(C)=O)[C@@H]2O)O[C@H](CO)[C@@H](O)[C@@H]1O. The lowest BCUT2D eigenvalue weighted by atomic mass is 9.94. The Morgan fingerprint density at radius 1 is 0.289 bits per heavy atom. The molecule has 520 valence electrons. The Hall–Kier alpha value is -3.40. The molecule has 0 bridgehead atoms. The zero-order chi connectivity index (χ0) is 66.5. The zero-order valence-corrected chi connectivity index (χ0v) is 48.6. The molecule has 0 saturated carbocycles. The van der Waals surface area contributed by atoms with Gasteiger partial charge in [-0.1, -0.05) is 0 Å². The lowest BCUT2D eigenvalue weighted by Crippen LogP contribution is -2.70. The van der Waals surface area contributed by atoms with E-state index in [1.165, 1.54) is 0 Å². The van der Waals surface area contributed by atoms with Gasteiger partial charge < -0.3 is 180 Å². The van der Waals surface area contributed by atoms with Crippen LogP contribution >= 0.6 is 0 Å². The Bertz CT molecular complexity index is 2310. The summed E-state index contributed by atoms with van der Waals surface area (Å²) in [5.74, 6) is -3.30. The van der Waals surface area contributed by atoms with Crippen LogP contribution in [-0.4, -0.2) is 382 Å². The number of carbonyl (C=O) groups excluding carboxylic acids is 4. The number of hydrogen-bond donors (Lipinski definition) is 23. The van der Waals surface area contributed by atoms with Crippen molar-refractivity contribution in [3.05, 3.63) is 0 Å². The summed E-state index contributed by atoms with van der Waals surface area (Å²) in [6.45, 7) is -3.25. The Balaban J connectivity index is 1.27. The van der Waals surface area contributed by atoms with Crippen molar-refractivity contribution in [2.75, 3.05) is 46.2 Å². The van der Waals surface area contributed by atoms with Crippen molar-refractivity contribution in [1.29, 1.82) is 0 Å². The number of carbonyl (C=O) groups is 4. The van der Waals surface area contributed by atoms with Gasteiger partial charge in [0.15, 0.2) is 44.0 Å². The fourth-order valence-corrected chi connectivity index (χ4v) is 11.5. The third kappa shape index (κ3) is 16.4. The quantitative estimate of drug-likeness (QED) is 0.0452. The second-order valence-electron chi connectivity index (χ2n) is 22.5. The summed E-state index contributed by atoms with van der Waals surface area (Å²) >= 11 is 0. The molecule has 40 nitrogen and oxygen atoms in total. The van der Waals surface area contributed by atoms with E-state index in [1.807, 2.05) is 0 Å². The molecule has 0 spiro atoms. The molecule has 1 unspecified atom stereocenters. The van der Waals surface area contributed by atoms with Crippen LogP contribution < -0.4 is 21.3 Å². The normalized spacial score (nSPS) is 47.6. The fraction of sp³-hybridized carbons (Fsp3) is 0.920. The minimum atomic E-state index is -2.41. The van der Waals surface area contributed by atoms with Crippen molar-refractivity contribution in [3.8, 4) is 0 Å². The average Bonchev–Trinajstić information content (AvgIpc) is 0.795. The molecule has 35 atom stereocenters. The summed E-state index contributed by atoms with van der Waals surface area (Å²) in [7, 11) is 0. The van der Waals surface area contributed by atoms with Gasteiger partial charge in [-0.05, 0) is 0 Å². The molecule has 0 aliphatic carbocycles. The first-order valence-corrected chi connectivity index (χ1v) is 28.6. The van der Waals surface area contributed by atoms with Crippen LogP contribution in [0.4, 0.5) is 0 Å². The van der Waals surface area contributed by atoms with Crippen molar-refractivity contribution in [2.45, 2.75) is 242 Å². The maximum Gasteiger partial charge on any atom is 0.217 e. The molecule has 90 heavy (non-hydrogen) atoms. The van der Waals surface area contributed by atoms with E-state index in [0.717, 1.165) is 27.7 Å². The van der Waals surface area contributed by atoms with Gasteiger partial charge in [-0.15, -0.1) is 0 Å². The molecule has 7 heterocycles. The fourth-order valence-electron chi connectivity index (χ4n) is 11.5. The molecule has 0 radical (unpaired) electrons. The second-order valence-corrected chi connectivity index (χ2v) is 22.5. The smallest absolute Gasteiger partial charge is 0.217 e. The third-order valence-corrected chi connectivity index (χ3v) is 16.1. The van der Waals surface area contributed by atoms with Gasteiger partial charge in [-0.3, -0.25) is 19.2 Å². The maximum atomic E-state index is 12.5. The first-order valence-electron chi connectivity index (χ1n) is 28.6. The van der Waals surface area contributed by atoms with E-state index >= 15 is 0 Å². The highest BCUT2D eigenvalue weighted by atomic mass is 16.8. The van der Waals surface area contributed by atoms with E-state index in [4.69, 9.17) is 61.6 Å². The lowest BCUT2D eigenvalue weighted by molar-refractivity contribution is -0.396. The number of aliphatic hydroxyl groups excluding tert-OH is 19. The molecule has 0 aromatic rings. The lowest BCUT2D eigenvalue weighted by Gasteiger charge is -2.50. The molecule has 4 amide bonds. The number of hydrogen-bond acceptors (Lipinski definition) is 36. The Kier molecular flexibility index (Phi) is 26.6. The van der Waals surface area contributed by atoms with Crippen LogP contribution in [0.1, 0.15) is 27.7 Å². The number of amides is 4. The van der Waals surface area contributed by atoms with Crippen molar-refractivity contribution in [2.24, 2.45) is 0 Å². The summed E-state index contributed by atoms with van der Waals surface area (Å²) < 4.78 is 77.1. The molecule has 40 heteroatoms. The van der Waals surface area contributed by atoms with Crippen LogP contribution in [0.3, 0.4) is 0 Å². The predicted octanol–water partition coefficient (Wildman–Crippen LogP) is -15.7. The molecule has 0 aromatic heterocycles. The highest BCUT2D eigenvalue weighted by molar-refractivity contribution is 5.74. The van der Waals surface area contributed by atoms with Gasteiger partial charge in [0.25, 0.3) is 0 Å². The third-order valence-electron chi connectivity index (χ3n) is 16.1. The number of aliphatic hydroxyl groups is 19. The first kappa shape index (κ1) is 74.0. The van der Waals surface area contributed by atoms with Crippen LogP contribution in [0.25, 0.3) is 0 Å². The van der Waals surface area contributed by atoms with Gasteiger partial charge in [0.05, 0.1) is 46.2 Å². The summed E-state index contributed by atoms with van der Waals surface area (Å²) in [5, 5.41) is 219. The first-order chi connectivity index (χ1) is 42.5. The van der Waals surface area contributed by atoms with E-state index in [0.29, 0.717) is 0 Å². The van der Waals surface area contributed by atoms with Crippen molar-refractivity contribution < 1.29 is 178 Å². The van der Waals surface area contributed by atoms with Gasteiger partial charge in [0, 0.05) is 27.7 Å². The highest BCUT2D eigenvalue weighted by Crippen LogP contribution is 2.38. The maximum absolute atomic E-state index is 12.5. The van der Waals surface area contributed by atoms with Crippen LogP contribution in [0.2, 0.25) is 0 Å². The van der Waals surface area contributed by atoms with Crippen LogP contribution in [0.15, 0.2) is 0 Å². The van der Waals surface area contributed by atoms with E-state index in [-0.39, 0.29) is 0 Å². The summed E-state index contributed by atoms with van der Waals surface area (Å²) in [6.07, 6.45) is -62.3. The Morgan fingerprint density at radius 2 is 0.600 bits per heavy atom. The van der Waals surface area contributed by atoms with Crippen LogP contribution in [0.5, 0.6) is 0 Å². The zero-order valence-electron chi connectivity index (χ0n) is 48.6. The van der Waals surface area contributed by atoms with E-state index in [1.54, 1.807) is 0 Å². The van der Waals surface area contributed by atoms with Crippen LogP contribution in [-0.2, 0) is 80.8 Å². The number of nitrogens with one attached hydrogen (secondary N) is 4. The van der Waals surface area contributed by atoms with Crippen molar-refractivity contribution in [1.82, 2.24) is 21.3 Å². The highest BCUT2D eigenvalue weighted by Gasteiger charge is 2.59. The summed E-state index contributed by atoms with van der Waals surface area (Å²) in [4.78, 5) is 49.4. The monoisotopic (exact) mass is 1320 g/mol. The molecule has 7 aliphatic rings. The van der Waals surface area contributed by atoms with E-state index in [2.05, 4.69) is 21.3 Å². The Morgan fingerprint density at radius 3 is 1.01 bits per heavy atom. The molecular weight excluding hydrogens is 1230 g/mol. The Labute approximate surface area is 510 Å². The average molecular weight is 1320 g/mol. The molecular formula is C50H84N4O36.